The predicted molar refractivity (Wildman–Crippen MR) is 246 cm³/mol. The van der Waals surface area contributed by atoms with Crippen LogP contribution in [0.2, 0.25) is 10.0 Å². The van der Waals surface area contributed by atoms with E-state index in [4.69, 9.17) is 34.0 Å². The number of carbonyl (C=O) groups is 2. The molecular formula is C48H36Cl2F2N10O3. The topological polar surface area (TPSA) is 201 Å². The van der Waals surface area contributed by atoms with Gasteiger partial charge in [0.05, 0.1) is 50.1 Å². The summed E-state index contributed by atoms with van der Waals surface area (Å²) in [6.07, 6.45) is 10.7. The fraction of sp³-hybridized carbons (Fsp3) is 0.0833. The van der Waals surface area contributed by atoms with Crippen LogP contribution in [0, 0.1) is 11.6 Å². The van der Waals surface area contributed by atoms with Crippen LogP contribution in [0.15, 0.2) is 134 Å². The number of pyridine rings is 4. The smallest absolute Gasteiger partial charge is 0.335 e. The molecule has 0 saturated carbocycles. The third kappa shape index (κ3) is 10.9. The van der Waals surface area contributed by atoms with E-state index in [1.165, 1.54) is 24.4 Å². The Morgan fingerprint density at radius 2 is 1.11 bits per heavy atom. The molecule has 17 heteroatoms. The number of aromatic nitrogens is 8. The number of carboxylic acids is 1. The summed E-state index contributed by atoms with van der Waals surface area (Å²) in [7, 11) is 0. The summed E-state index contributed by atoms with van der Waals surface area (Å²) in [5.41, 5.74) is 13.5. The number of hydrogen-bond donors (Lipinski definition) is 5. The van der Waals surface area contributed by atoms with E-state index in [2.05, 4.69) is 45.6 Å². The van der Waals surface area contributed by atoms with Gasteiger partial charge in [-0.3, -0.25) is 34.9 Å². The molecule has 0 bridgehead atoms. The average molecular weight is 910 g/mol. The van der Waals surface area contributed by atoms with E-state index in [-0.39, 0.29) is 30.4 Å². The highest BCUT2D eigenvalue weighted by molar-refractivity contribution is 6.31. The van der Waals surface area contributed by atoms with Crippen molar-refractivity contribution in [3.8, 4) is 0 Å². The first-order valence-electron chi connectivity index (χ1n) is 19.9. The number of carboxylic acid groups (broad SMARTS) is 1. The lowest BCUT2D eigenvalue weighted by Crippen LogP contribution is -2.23. The largest absolute Gasteiger partial charge is 0.478 e. The molecule has 0 aliphatic rings. The number of nitrogens with two attached hydrogens (primary N) is 1. The number of fused-ring (bicyclic) bond motifs is 4. The maximum absolute atomic E-state index is 14.3. The molecule has 0 radical (unpaired) electrons. The highest BCUT2D eigenvalue weighted by Crippen LogP contribution is 2.23. The Balaban J connectivity index is 0.000000149. The second-order valence-corrected chi connectivity index (χ2v) is 15.7. The normalized spacial score (nSPS) is 11.0. The number of rotatable bonds is 9. The lowest BCUT2D eigenvalue weighted by Gasteiger charge is -2.08. The second-order valence-electron chi connectivity index (χ2n) is 14.8. The number of benzene rings is 4. The fourth-order valence-electron chi connectivity index (χ4n) is 6.96. The summed E-state index contributed by atoms with van der Waals surface area (Å²) in [6, 6.07) is 28.1. The zero-order valence-electron chi connectivity index (χ0n) is 34.1. The van der Waals surface area contributed by atoms with Crippen molar-refractivity contribution in [2.24, 2.45) is 5.73 Å². The number of H-pyrrole nitrogens is 2. The van der Waals surface area contributed by atoms with Crippen molar-refractivity contribution in [1.82, 2.24) is 45.6 Å². The van der Waals surface area contributed by atoms with Crippen molar-refractivity contribution < 1.29 is 23.5 Å². The average Bonchev–Trinajstić information content (AvgIpc) is 3.97. The predicted octanol–water partition coefficient (Wildman–Crippen LogP) is 9.55. The van der Waals surface area contributed by atoms with Crippen LogP contribution in [0.5, 0.6) is 0 Å². The summed E-state index contributed by atoms with van der Waals surface area (Å²) in [5, 5.41) is 29.6. The molecule has 0 aliphatic carbocycles. The van der Waals surface area contributed by atoms with Gasteiger partial charge in [0.2, 0.25) is 0 Å². The Labute approximate surface area is 378 Å². The van der Waals surface area contributed by atoms with E-state index >= 15 is 0 Å². The SMILES string of the molecule is NCc1cc2cn[nH]c2cc1F.O=C(NCc1cc2cn[nH]c2cc1F)c1ccnc(Cc2ccc3ncc(Cl)cc3c2)c1.O=C(O)c1ccnc(Cc2ccc3ncc(Cl)cc3c2)c1. The molecular weight excluding hydrogens is 873 g/mol. The Bertz CT molecular complexity index is 3360. The summed E-state index contributed by atoms with van der Waals surface area (Å²) >= 11 is 12.0. The van der Waals surface area contributed by atoms with Crippen molar-refractivity contribution >= 4 is 78.7 Å². The van der Waals surface area contributed by atoms with Crippen LogP contribution in [-0.2, 0) is 25.9 Å². The van der Waals surface area contributed by atoms with Crippen LogP contribution in [0.25, 0.3) is 43.6 Å². The van der Waals surface area contributed by atoms with Crippen LogP contribution in [-0.4, -0.2) is 57.3 Å². The Morgan fingerprint density at radius 1 is 0.600 bits per heavy atom. The van der Waals surface area contributed by atoms with E-state index in [0.717, 1.165) is 49.4 Å². The first-order valence-corrected chi connectivity index (χ1v) is 20.7. The molecule has 0 fully saturated rings. The van der Waals surface area contributed by atoms with Crippen molar-refractivity contribution in [3.05, 3.63) is 201 Å². The number of aromatic carboxylic acids is 1. The highest BCUT2D eigenvalue weighted by atomic mass is 35.5. The van der Waals surface area contributed by atoms with E-state index in [9.17, 15) is 18.4 Å². The Hall–Kier alpha value is -7.72. The number of amides is 1. The second kappa shape index (κ2) is 19.8. The molecule has 324 valence electrons. The van der Waals surface area contributed by atoms with Crippen LogP contribution in [0.3, 0.4) is 0 Å². The lowest BCUT2D eigenvalue weighted by molar-refractivity contribution is 0.0696. The molecule has 0 atom stereocenters. The highest BCUT2D eigenvalue weighted by Gasteiger charge is 2.12. The van der Waals surface area contributed by atoms with Crippen molar-refractivity contribution in [2.75, 3.05) is 0 Å². The summed E-state index contributed by atoms with van der Waals surface area (Å²) in [6.45, 7) is 0.287. The molecule has 10 rings (SSSR count). The number of aromatic amines is 2. The maximum Gasteiger partial charge on any atom is 0.335 e. The summed E-state index contributed by atoms with van der Waals surface area (Å²) < 4.78 is 27.3. The monoisotopic (exact) mass is 908 g/mol. The molecule has 65 heavy (non-hydrogen) atoms. The van der Waals surface area contributed by atoms with Gasteiger partial charge in [-0.2, -0.15) is 10.2 Å². The third-order valence-electron chi connectivity index (χ3n) is 10.2. The van der Waals surface area contributed by atoms with Gasteiger partial charge in [-0.15, -0.1) is 0 Å². The molecule has 6 heterocycles. The first-order chi connectivity index (χ1) is 31.5. The maximum atomic E-state index is 14.3. The van der Waals surface area contributed by atoms with Crippen molar-refractivity contribution in [3.63, 3.8) is 0 Å². The van der Waals surface area contributed by atoms with Gasteiger partial charge in [-0.25, -0.2) is 13.6 Å². The number of nitrogens with zero attached hydrogens (tertiary/aromatic N) is 6. The number of hydrogen-bond acceptors (Lipinski definition) is 9. The van der Waals surface area contributed by atoms with Crippen LogP contribution in [0.4, 0.5) is 8.78 Å². The number of nitrogens with one attached hydrogen (secondary N) is 3. The van der Waals surface area contributed by atoms with Crippen molar-refractivity contribution in [1.29, 1.82) is 0 Å². The molecule has 1 amide bonds. The van der Waals surface area contributed by atoms with Gasteiger partial charge < -0.3 is 16.2 Å². The number of halogens is 4. The molecule has 0 saturated heterocycles. The molecule has 4 aromatic carbocycles. The van der Waals surface area contributed by atoms with Gasteiger partial charge in [0.15, 0.2) is 0 Å². The summed E-state index contributed by atoms with van der Waals surface area (Å²) in [5.74, 6) is -1.93. The van der Waals surface area contributed by atoms with Gasteiger partial charge >= 0.3 is 5.97 Å². The van der Waals surface area contributed by atoms with Crippen molar-refractivity contribution in [2.45, 2.75) is 25.9 Å². The van der Waals surface area contributed by atoms with Gasteiger partial charge in [0.1, 0.15) is 11.6 Å². The molecule has 0 unspecified atom stereocenters. The van der Waals surface area contributed by atoms with Gasteiger partial charge in [0.25, 0.3) is 5.91 Å². The van der Waals surface area contributed by atoms with Gasteiger partial charge in [0, 0.05) is 100 Å². The summed E-state index contributed by atoms with van der Waals surface area (Å²) in [4.78, 5) is 40.8. The van der Waals surface area contributed by atoms with Crippen LogP contribution >= 0.6 is 23.2 Å². The van der Waals surface area contributed by atoms with Crippen LogP contribution < -0.4 is 11.1 Å². The van der Waals surface area contributed by atoms with E-state index < -0.39 is 11.8 Å². The van der Waals surface area contributed by atoms with E-state index in [1.54, 1.807) is 61.3 Å². The minimum absolute atomic E-state index is 0.0713. The zero-order valence-corrected chi connectivity index (χ0v) is 35.6. The molecule has 0 spiro atoms. The van der Waals surface area contributed by atoms with Crippen LogP contribution in [0.1, 0.15) is 54.4 Å². The molecule has 6 N–H and O–H groups in total. The standard InChI is InChI=1S/C24H17ClFN5O.C16H11ClN2O2.C8H8FN3/c25-19-8-16-5-14(1-2-22(16)28-13-19)6-20-9-15(3-4-27-20)24(32)29-11-17-7-18-12-30-31-23(18)10-21(17)26;17-13-7-12-5-10(1-2-15(12)19-9-13)6-14-8-11(16(20)21)3-4-18-14;9-7-2-8-6(4-11-12-8)1-5(7)3-10/h1-5,7-10,12-13H,6,11H2,(H,29,32)(H,30,31);1-5,7-9H,6H2,(H,20,21);1-2,4H,3,10H2,(H,11,12). The molecule has 10 aromatic rings. The van der Waals surface area contributed by atoms with Gasteiger partial charge in [-0.05, 0) is 96.1 Å². The minimum Gasteiger partial charge on any atom is -0.478 e. The third-order valence-corrected chi connectivity index (χ3v) is 10.6. The Kier molecular flexibility index (Phi) is 13.4. The van der Waals surface area contributed by atoms with E-state index in [1.807, 2.05) is 48.5 Å². The Morgan fingerprint density at radius 3 is 1.65 bits per heavy atom. The lowest BCUT2D eigenvalue weighted by atomic mass is 10.0. The number of carbonyl (C=O) groups excluding carboxylic acids is 1. The molecule has 0 aliphatic heterocycles. The molecule has 13 nitrogen and oxygen atoms in total. The minimum atomic E-state index is -0.951. The first kappa shape index (κ1) is 43.9. The fourth-order valence-corrected chi connectivity index (χ4v) is 7.30. The quantitative estimate of drug-likeness (QED) is 0.0929. The van der Waals surface area contributed by atoms with Gasteiger partial charge in [-0.1, -0.05) is 35.3 Å². The molecule has 6 aromatic heterocycles. The zero-order chi connectivity index (χ0) is 45.5. The van der Waals surface area contributed by atoms with E-state index in [0.29, 0.717) is 56.3 Å².